The highest BCUT2D eigenvalue weighted by atomic mass is 16.5. The summed E-state index contributed by atoms with van der Waals surface area (Å²) >= 11 is 0. The molecule has 5 heteroatoms. The number of carboxylic acids is 1. The van der Waals surface area contributed by atoms with Crippen LogP contribution in [-0.2, 0) is 20.9 Å². The van der Waals surface area contributed by atoms with E-state index in [4.69, 9.17) is 9.84 Å². The highest BCUT2D eigenvalue weighted by Gasteiger charge is 2.28. The second-order valence-corrected chi connectivity index (χ2v) is 5.08. The minimum absolute atomic E-state index is 0.0597. The van der Waals surface area contributed by atoms with Crippen LogP contribution in [0.15, 0.2) is 46.8 Å². The van der Waals surface area contributed by atoms with Gasteiger partial charge in [-0.15, -0.1) is 0 Å². The number of ether oxygens (including phenoxy) is 1. The maximum absolute atomic E-state index is 12.5. The number of hydrogen-bond donors (Lipinski definition) is 1. The van der Waals surface area contributed by atoms with Crippen molar-refractivity contribution in [2.24, 2.45) is 10.9 Å². The van der Waals surface area contributed by atoms with Gasteiger partial charge >= 0.3 is 5.97 Å². The van der Waals surface area contributed by atoms with E-state index in [-0.39, 0.29) is 24.4 Å². The Kier molecular flexibility index (Phi) is 5.47. The van der Waals surface area contributed by atoms with Gasteiger partial charge in [0, 0.05) is 12.6 Å². The number of aliphatic imine (C=N–C) groups is 1. The first-order valence-electron chi connectivity index (χ1n) is 7.32. The van der Waals surface area contributed by atoms with Crippen LogP contribution in [0.2, 0.25) is 0 Å². The Morgan fingerprint density at radius 2 is 2.05 bits per heavy atom. The summed E-state index contributed by atoms with van der Waals surface area (Å²) in [6, 6.07) is 9.57. The van der Waals surface area contributed by atoms with Crippen molar-refractivity contribution in [2.45, 2.75) is 32.8 Å². The minimum atomic E-state index is -0.918. The fourth-order valence-corrected chi connectivity index (χ4v) is 2.24. The van der Waals surface area contributed by atoms with Gasteiger partial charge in [-0.1, -0.05) is 37.3 Å². The van der Waals surface area contributed by atoms with E-state index in [1.165, 1.54) is 0 Å². The molecule has 1 N–H and O–H groups in total. The number of carbonyl (C=O) groups is 2. The third kappa shape index (κ3) is 4.04. The molecule has 0 saturated heterocycles. The predicted molar refractivity (Wildman–Crippen MR) is 82.4 cm³/mol. The maximum atomic E-state index is 12.5. The van der Waals surface area contributed by atoms with Gasteiger partial charge in [0.25, 0.3) is 0 Å². The van der Waals surface area contributed by atoms with Crippen LogP contribution in [-0.4, -0.2) is 23.1 Å². The van der Waals surface area contributed by atoms with Crippen molar-refractivity contribution in [3.05, 3.63) is 47.4 Å². The SMILES string of the molecule is CCC1=C(OCc2ccccc2)C(=O)C(CCC(=O)O)C=N1. The third-order valence-corrected chi connectivity index (χ3v) is 3.46. The van der Waals surface area contributed by atoms with E-state index < -0.39 is 11.9 Å². The van der Waals surface area contributed by atoms with Crippen LogP contribution in [0.4, 0.5) is 0 Å². The quantitative estimate of drug-likeness (QED) is 0.840. The zero-order valence-electron chi connectivity index (χ0n) is 12.5. The lowest BCUT2D eigenvalue weighted by Gasteiger charge is -2.20. The zero-order chi connectivity index (χ0) is 15.9. The number of hydrogen-bond acceptors (Lipinski definition) is 4. The molecule has 2 rings (SSSR count). The van der Waals surface area contributed by atoms with Crippen molar-refractivity contribution in [3.8, 4) is 0 Å². The van der Waals surface area contributed by atoms with Gasteiger partial charge < -0.3 is 9.84 Å². The van der Waals surface area contributed by atoms with Gasteiger partial charge in [0.15, 0.2) is 5.76 Å². The standard InChI is InChI=1S/C17H19NO4/c1-2-14-17(22-11-12-6-4-3-5-7-12)16(21)13(10-18-14)8-9-15(19)20/h3-7,10,13H,2,8-9,11H2,1H3,(H,19,20). The molecule has 0 saturated carbocycles. The number of Topliss-reactive ketones (excluding diaryl/α,β-unsaturated/α-hetero) is 1. The van der Waals surface area contributed by atoms with Crippen molar-refractivity contribution in [1.29, 1.82) is 0 Å². The predicted octanol–water partition coefficient (Wildman–Crippen LogP) is 2.96. The van der Waals surface area contributed by atoms with Gasteiger partial charge in [0.05, 0.1) is 11.6 Å². The molecule has 1 aromatic rings. The molecule has 1 unspecified atom stereocenters. The molecule has 0 bridgehead atoms. The van der Waals surface area contributed by atoms with Gasteiger partial charge in [0.1, 0.15) is 6.61 Å². The summed E-state index contributed by atoms with van der Waals surface area (Å²) in [5.41, 5.74) is 1.59. The van der Waals surface area contributed by atoms with E-state index in [0.29, 0.717) is 18.7 Å². The van der Waals surface area contributed by atoms with Crippen LogP contribution >= 0.6 is 0 Å². The van der Waals surface area contributed by atoms with Gasteiger partial charge in [0.2, 0.25) is 5.78 Å². The first-order valence-corrected chi connectivity index (χ1v) is 7.32. The van der Waals surface area contributed by atoms with Gasteiger partial charge in [-0.25, -0.2) is 0 Å². The molecule has 0 aromatic heterocycles. The number of carbonyl (C=O) groups excluding carboxylic acids is 1. The Hall–Kier alpha value is -2.43. The summed E-state index contributed by atoms with van der Waals surface area (Å²) < 4.78 is 5.69. The molecular formula is C17H19NO4. The lowest BCUT2D eigenvalue weighted by molar-refractivity contribution is -0.137. The molecule has 1 aliphatic rings. The van der Waals surface area contributed by atoms with E-state index in [9.17, 15) is 9.59 Å². The molecule has 116 valence electrons. The van der Waals surface area contributed by atoms with Crippen LogP contribution in [0.3, 0.4) is 0 Å². The fourth-order valence-electron chi connectivity index (χ4n) is 2.24. The molecule has 1 atom stereocenters. The maximum Gasteiger partial charge on any atom is 0.303 e. The summed E-state index contributed by atoms with van der Waals surface area (Å²) in [6.45, 7) is 2.20. The van der Waals surface area contributed by atoms with Crippen LogP contribution in [0.1, 0.15) is 31.7 Å². The molecule has 5 nitrogen and oxygen atoms in total. The van der Waals surface area contributed by atoms with Crippen LogP contribution < -0.4 is 0 Å². The summed E-state index contributed by atoms with van der Waals surface area (Å²) in [5.74, 6) is -1.34. The smallest absolute Gasteiger partial charge is 0.303 e. The Morgan fingerprint density at radius 1 is 1.32 bits per heavy atom. The average Bonchev–Trinajstić information content (AvgIpc) is 2.53. The fraction of sp³-hybridized carbons (Fsp3) is 0.353. The molecule has 1 heterocycles. The van der Waals surface area contributed by atoms with Crippen LogP contribution in [0, 0.1) is 5.92 Å². The highest BCUT2D eigenvalue weighted by Crippen LogP contribution is 2.24. The minimum Gasteiger partial charge on any atom is -0.483 e. The Balaban J connectivity index is 2.07. The topological polar surface area (TPSA) is 76.0 Å². The van der Waals surface area contributed by atoms with E-state index in [1.807, 2.05) is 37.3 Å². The number of rotatable bonds is 7. The highest BCUT2D eigenvalue weighted by molar-refractivity contribution is 6.07. The molecule has 0 radical (unpaired) electrons. The second-order valence-electron chi connectivity index (χ2n) is 5.08. The number of allylic oxidation sites excluding steroid dienone is 2. The molecule has 1 aromatic carbocycles. The summed E-state index contributed by atoms with van der Waals surface area (Å²) in [7, 11) is 0. The molecular weight excluding hydrogens is 282 g/mol. The van der Waals surface area contributed by atoms with E-state index in [1.54, 1.807) is 6.21 Å². The second kappa shape index (κ2) is 7.54. The van der Waals surface area contributed by atoms with Crippen molar-refractivity contribution in [3.63, 3.8) is 0 Å². The molecule has 0 fully saturated rings. The molecule has 0 spiro atoms. The molecule has 0 amide bonds. The van der Waals surface area contributed by atoms with Crippen molar-refractivity contribution >= 4 is 18.0 Å². The monoisotopic (exact) mass is 301 g/mol. The number of nitrogens with zero attached hydrogens (tertiary/aromatic N) is 1. The van der Waals surface area contributed by atoms with Crippen molar-refractivity contribution in [2.75, 3.05) is 0 Å². The lowest BCUT2D eigenvalue weighted by Crippen LogP contribution is -2.25. The number of ketones is 1. The summed E-state index contributed by atoms with van der Waals surface area (Å²) in [4.78, 5) is 27.4. The first-order chi connectivity index (χ1) is 10.6. The zero-order valence-corrected chi connectivity index (χ0v) is 12.5. The Bertz CT molecular complexity index is 604. The first kappa shape index (κ1) is 15.9. The number of carboxylic acid groups (broad SMARTS) is 1. The van der Waals surface area contributed by atoms with Gasteiger partial charge in [-0.05, 0) is 18.4 Å². The summed E-state index contributed by atoms with van der Waals surface area (Å²) in [5, 5.41) is 8.75. The van der Waals surface area contributed by atoms with Crippen molar-refractivity contribution in [1.82, 2.24) is 0 Å². The number of aliphatic carboxylic acids is 1. The molecule has 22 heavy (non-hydrogen) atoms. The summed E-state index contributed by atoms with van der Waals surface area (Å²) in [6.07, 6.45) is 2.32. The lowest BCUT2D eigenvalue weighted by atomic mass is 9.95. The third-order valence-electron chi connectivity index (χ3n) is 3.46. The van der Waals surface area contributed by atoms with E-state index in [2.05, 4.69) is 4.99 Å². The molecule has 1 aliphatic heterocycles. The Morgan fingerprint density at radius 3 is 2.68 bits per heavy atom. The average molecular weight is 301 g/mol. The Labute approximate surface area is 129 Å². The van der Waals surface area contributed by atoms with E-state index >= 15 is 0 Å². The van der Waals surface area contributed by atoms with Crippen LogP contribution in [0.5, 0.6) is 0 Å². The van der Waals surface area contributed by atoms with Crippen LogP contribution in [0.25, 0.3) is 0 Å². The van der Waals surface area contributed by atoms with Gasteiger partial charge in [-0.3, -0.25) is 14.6 Å². The van der Waals surface area contributed by atoms with Crippen molar-refractivity contribution < 1.29 is 19.4 Å². The normalized spacial score (nSPS) is 17.7. The van der Waals surface area contributed by atoms with Gasteiger partial charge in [-0.2, -0.15) is 0 Å². The largest absolute Gasteiger partial charge is 0.483 e. The molecule has 0 aliphatic carbocycles. The van der Waals surface area contributed by atoms with E-state index in [0.717, 1.165) is 5.56 Å². The number of benzene rings is 1.